The highest BCUT2D eigenvalue weighted by atomic mass is 79.9. The summed E-state index contributed by atoms with van der Waals surface area (Å²) in [7, 11) is 0. The average Bonchev–Trinajstić information content (AvgIpc) is 2.26. The number of hydrogen-bond acceptors (Lipinski definition) is 2. The van der Waals surface area contributed by atoms with Gasteiger partial charge in [0.1, 0.15) is 0 Å². The zero-order chi connectivity index (χ0) is 11.1. The van der Waals surface area contributed by atoms with Crippen LogP contribution in [0.4, 0.5) is 0 Å². The summed E-state index contributed by atoms with van der Waals surface area (Å²) in [4.78, 5) is 0. The van der Waals surface area contributed by atoms with Gasteiger partial charge in [0.15, 0.2) is 0 Å². The number of nitrogens with one attached hydrogen (secondary N) is 1. The second kappa shape index (κ2) is 6.99. The van der Waals surface area contributed by atoms with Crippen LogP contribution in [0.15, 0.2) is 28.7 Å². The summed E-state index contributed by atoms with van der Waals surface area (Å²) in [6.45, 7) is 3.27. The topological polar surface area (TPSA) is 32.3 Å². The van der Waals surface area contributed by atoms with Crippen LogP contribution in [-0.4, -0.2) is 18.3 Å². The predicted molar refractivity (Wildman–Crippen MR) is 66.9 cm³/mol. The number of aliphatic hydroxyl groups excluding tert-OH is 1. The Morgan fingerprint density at radius 1 is 1.40 bits per heavy atom. The van der Waals surface area contributed by atoms with Crippen LogP contribution < -0.4 is 5.32 Å². The molecule has 0 aliphatic heterocycles. The van der Waals surface area contributed by atoms with Crippen LogP contribution in [0.1, 0.15) is 31.4 Å². The monoisotopic (exact) mass is 271 g/mol. The van der Waals surface area contributed by atoms with Gasteiger partial charge in [0, 0.05) is 17.1 Å². The van der Waals surface area contributed by atoms with Crippen molar-refractivity contribution < 1.29 is 5.11 Å². The Bertz CT molecular complexity index is 291. The maximum atomic E-state index is 8.73. The van der Waals surface area contributed by atoms with Crippen molar-refractivity contribution in [2.75, 3.05) is 13.2 Å². The largest absolute Gasteiger partial charge is 0.396 e. The summed E-state index contributed by atoms with van der Waals surface area (Å²) in [6, 6.07) is 8.63. The van der Waals surface area contributed by atoms with Gasteiger partial charge in [0.25, 0.3) is 0 Å². The quantitative estimate of drug-likeness (QED) is 0.780. The van der Waals surface area contributed by atoms with Crippen LogP contribution in [0.2, 0.25) is 0 Å². The number of halogens is 1. The first-order chi connectivity index (χ1) is 7.29. The smallest absolute Gasteiger partial charge is 0.0443 e. The van der Waals surface area contributed by atoms with Crippen LogP contribution in [0.5, 0.6) is 0 Å². The molecule has 0 aromatic heterocycles. The second-order valence-corrected chi connectivity index (χ2v) is 4.37. The molecule has 0 radical (unpaired) electrons. The highest BCUT2D eigenvalue weighted by Gasteiger charge is 2.10. The molecule has 1 rings (SSSR count). The molecule has 0 heterocycles. The highest BCUT2D eigenvalue weighted by Crippen LogP contribution is 2.24. The van der Waals surface area contributed by atoms with Gasteiger partial charge >= 0.3 is 0 Å². The van der Waals surface area contributed by atoms with E-state index in [0.717, 1.165) is 23.9 Å². The van der Waals surface area contributed by atoms with Crippen LogP contribution >= 0.6 is 15.9 Å². The Hall–Kier alpha value is -0.380. The van der Waals surface area contributed by atoms with E-state index in [4.69, 9.17) is 5.11 Å². The van der Waals surface area contributed by atoms with Crippen molar-refractivity contribution in [3.63, 3.8) is 0 Å². The first kappa shape index (κ1) is 12.7. The molecule has 2 N–H and O–H groups in total. The maximum absolute atomic E-state index is 8.73. The van der Waals surface area contributed by atoms with Gasteiger partial charge in [-0.15, -0.1) is 0 Å². The fraction of sp³-hybridized carbons (Fsp3) is 0.500. The second-order valence-electron chi connectivity index (χ2n) is 3.51. The van der Waals surface area contributed by atoms with E-state index in [2.05, 4.69) is 46.4 Å². The Morgan fingerprint density at radius 3 is 2.73 bits per heavy atom. The van der Waals surface area contributed by atoms with Gasteiger partial charge in [-0.3, -0.25) is 0 Å². The van der Waals surface area contributed by atoms with E-state index in [0.29, 0.717) is 6.04 Å². The zero-order valence-corrected chi connectivity index (χ0v) is 10.6. The molecule has 0 aliphatic rings. The fourth-order valence-electron chi connectivity index (χ4n) is 1.59. The molecule has 1 aromatic carbocycles. The van der Waals surface area contributed by atoms with Crippen LogP contribution in [0.25, 0.3) is 0 Å². The van der Waals surface area contributed by atoms with Crippen molar-refractivity contribution in [3.05, 3.63) is 34.3 Å². The molecule has 1 unspecified atom stereocenters. The molecule has 0 fully saturated rings. The lowest BCUT2D eigenvalue weighted by Crippen LogP contribution is -2.22. The molecule has 0 amide bonds. The molecule has 15 heavy (non-hydrogen) atoms. The third-order valence-corrected chi connectivity index (χ3v) is 3.14. The Labute approximate surface area is 99.8 Å². The van der Waals surface area contributed by atoms with Gasteiger partial charge < -0.3 is 10.4 Å². The third kappa shape index (κ3) is 3.93. The lowest BCUT2D eigenvalue weighted by molar-refractivity contribution is 0.283. The fourth-order valence-corrected chi connectivity index (χ4v) is 2.15. The maximum Gasteiger partial charge on any atom is 0.0443 e. The van der Waals surface area contributed by atoms with E-state index in [1.807, 2.05) is 6.07 Å². The van der Waals surface area contributed by atoms with Crippen molar-refractivity contribution >= 4 is 15.9 Å². The first-order valence-electron chi connectivity index (χ1n) is 5.38. The normalized spacial score (nSPS) is 12.7. The first-order valence-corrected chi connectivity index (χ1v) is 6.17. The number of aliphatic hydroxyl groups is 1. The molecule has 0 saturated heterocycles. The number of hydrogen-bond donors (Lipinski definition) is 2. The molecule has 0 spiro atoms. The summed E-state index contributed by atoms with van der Waals surface area (Å²) in [5.41, 5.74) is 1.29. The lowest BCUT2D eigenvalue weighted by Gasteiger charge is -2.18. The summed E-state index contributed by atoms with van der Waals surface area (Å²) in [5, 5.41) is 12.2. The standard InChI is InChI=1S/C12H18BrNO/c1-2-12(14-8-5-9-15)10-6-3-4-7-11(10)13/h3-4,6-7,12,14-15H,2,5,8-9H2,1H3. The van der Waals surface area contributed by atoms with Gasteiger partial charge in [-0.05, 0) is 31.0 Å². The lowest BCUT2D eigenvalue weighted by atomic mass is 10.0. The summed E-state index contributed by atoms with van der Waals surface area (Å²) < 4.78 is 1.15. The van der Waals surface area contributed by atoms with Crippen LogP contribution in [0.3, 0.4) is 0 Å². The predicted octanol–water partition coefficient (Wildman–Crippen LogP) is 2.87. The van der Waals surface area contributed by atoms with Gasteiger partial charge in [0.2, 0.25) is 0 Å². The van der Waals surface area contributed by atoms with Gasteiger partial charge in [-0.2, -0.15) is 0 Å². The molecular formula is C12H18BrNO. The number of rotatable bonds is 6. The highest BCUT2D eigenvalue weighted by molar-refractivity contribution is 9.10. The molecule has 84 valence electrons. The van der Waals surface area contributed by atoms with Crippen molar-refractivity contribution in [2.45, 2.75) is 25.8 Å². The van der Waals surface area contributed by atoms with Crippen molar-refractivity contribution in [1.29, 1.82) is 0 Å². The van der Waals surface area contributed by atoms with Crippen LogP contribution in [-0.2, 0) is 0 Å². The van der Waals surface area contributed by atoms with E-state index in [-0.39, 0.29) is 6.61 Å². The van der Waals surface area contributed by atoms with E-state index < -0.39 is 0 Å². The molecule has 1 atom stereocenters. The van der Waals surface area contributed by atoms with Crippen molar-refractivity contribution in [2.24, 2.45) is 0 Å². The van der Waals surface area contributed by atoms with E-state index >= 15 is 0 Å². The third-order valence-electron chi connectivity index (χ3n) is 2.41. The molecule has 0 saturated carbocycles. The Morgan fingerprint density at radius 2 is 2.13 bits per heavy atom. The van der Waals surface area contributed by atoms with Crippen molar-refractivity contribution in [3.8, 4) is 0 Å². The van der Waals surface area contributed by atoms with Crippen molar-refractivity contribution in [1.82, 2.24) is 5.32 Å². The molecular weight excluding hydrogens is 254 g/mol. The number of benzene rings is 1. The molecule has 0 bridgehead atoms. The molecule has 1 aromatic rings. The van der Waals surface area contributed by atoms with Gasteiger partial charge in [-0.25, -0.2) is 0 Å². The van der Waals surface area contributed by atoms with E-state index in [1.165, 1.54) is 5.56 Å². The SMILES string of the molecule is CCC(NCCCO)c1ccccc1Br. The van der Waals surface area contributed by atoms with Gasteiger partial charge in [-0.1, -0.05) is 41.1 Å². The molecule has 2 nitrogen and oxygen atoms in total. The minimum Gasteiger partial charge on any atom is -0.396 e. The summed E-state index contributed by atoms with van der Waals surface area (Å²) >= 11 is 3.56. The minimum absolute atomic E-state index is 0.249. The Kier molecular flexibility index (Phi) is 5.91. The zero-order valence-electron chi connectivity index (χ0n) is 9.04. The van der Waals surface area contributed by atoms with Gasteiger partial charge in [0.05, 0.1) is 0 Å². The summed E-state index contributed by atoms with van der Waals surface area (Å²) in [6.07, 6.45) is 1.86. The van der Waals surface area contributed by atoms with Crippen LogP contribution in [0, 0.1) is 0 Å². The average molecular weight is 272 g/mol. The van der Waals surface area contributed by atoms with E-state index in [1.54, 1.807) is 0 Å². The molecule has 3 heteroatoms. The summed E-state index contributed by atoms with van der Waals surface area (Å²) in [5.74, 6) is 0. The minimum atomic E-state index is 0.249. The Balaban J connectivity index is 2.61. The molecule has 0 aliphatic carbocycles. The van der Waals surface area contributed by atoms with E-state index in [9.17, 15) is 0 Å².